The van der Waals surface area contributed by atoms with Crippen LogP contribution in [0.1, 0.15) is 52.3 Å². The molecule has 5 nitrogen and oxygen atoms in total. The van der Waals surface area contributed by atoms with Crippen LogP contribution in [0.25, 0.3) is 0 Å². The number of hydrogen-bond acceptors (Lipinski definition) is 3. The van der Waals surface area contributed by atoms with Crippen LogP contribution in [-0.2, 0) is 17.8 Å². The zero-order valence-electron chi connectivity index (χ0n) is 16.4. The highest BCUT2D eigenvalue weighted by Gasteiger charge is 2.24. The SMILES string of the molecule is Cc1ccccc1CC[C@H](c1nc(C(N)=O)c[nH]1)[C@H](C)OCc1ccccc1. The van der Waals surface area contributed by atoms with E-state index < -0.39 is 5.91 Å². The molecule has 3 aromatic rings. The van der Waals surface area contributed by atoms with Gasteiger partial charge in [-0.2, -0.15) is 0 Å². The molecular weight excluding hydrogens is 350 g/mol. The number of amides is 1. The Kier molecular flexibility index (Phi) is 6.61. The number of benzene rings is 2. The molecule has 2 atom stereocenters. The first-order chi connectivity index (χ1) is 13.5. The molecule has 0 fully saturated rings. The third-order valence-electron chi connectivity index (χ3n) is 5.11. The molecular formula is C23H27N3O2. The largest absolute Gasteiger partial charge is 0.373 e. The number of imidazole rings is 1. The number of nitrogens with one attached hydrogen (secondary N) is 1. The number of ether oxygens (including phenoxy) is 1. The maximum absolute atomic E-state index is 11.4. The van der Waals surface area contributed by atoms with Crippen LogP contribution in [0, 0.1) is 6.92 Å². The summed E-state index contributed by atoms with van der Waals surface area (Å²) in [7, 11) is 0. The molecule has 0 aliphatic rings. The lowest BCUT2D eigenvalue weighted by molar-refractivity contribution is 0.0308. The lowest BCUT2D eigenvalue weighted by Gasteiger charge is -2.23. The van der Waals surface area contributed by atoms with Crippen molar-refractivity contribution in [3.63, 3.8) is 0 Å². The van der Waals surface area contributed by atoms with Gasteiger partial charge in [-0.15, -0.1) is 0 Å². The van der Waals surface area contributed by atoms with Crippen molar-refractivity contribution in [2.75, 3.05) is 0 Å². The number of hydrogen-bond donors (Lipinski definition) is 2. The summed E-state index contributed by atoms with van der Waals surface area (Å²) in [4.78, 5) is 19.0. The number of nitrogens with zero attached hydrogens (tertiary/aromatic N) is 1. The summed E-state index contributed by atoms with van der Waals surface area (Å²) in [6.07, 6.45) is 3.26. The molecule has 3 N–H and O–H groups in total. The standard InChI is InChI=1S/C23H27N3O2/c1-16-8-6-7-11-19(16)12-13-20(23-25-14-21(26-23)22(24)27)17(2)28-15-18-9-4-3-5-10-18/h3-11,14,17,20H,12-13,15H2,1-2H3,(H2,24,27)(H,25,26)/t17-,20-/m0/s1. The van der Waals surface area contributed by atoms with E-state index in [1.165, 1.54) is 11.1 Å². The van der Waals surface area contributed by atoms with E-state index in [1.54, 1.807) is 6.20 Å². The molecule has 2 aromatic carbocycles. The molecule has 146 valence electrons. The van der Waals surface area contributed by atoms with Gasteiger partial charge in [-0.05, 0) is 43.4 Å². The van der Waals surface area contributed by atoms with Crippen LogP contribution in [0.2, 0.25) is 0 Å². The molecule has 0 spiro atoms. The van der Waals surface area contributed by atoms with E-state index >= 15 is 0 Å². The molecule has 0 radical (unpaired) electrons. The van der Waals surface area contributed by atoms with Gasteiger partial charge in [0.15, 0.2) is 0 Å². The first kappa shape index (κ1) is 19.8. The van der Waals surface area contributed by atoms with Gasteiger partial charge < -0.3 is 15.5 Å². The van der Waals surface area contributed by atoms with Crippen LogP contribution in [0.5, 0.6) is 0 Å². The Hall–Kier alpha value is -2.92. The van der Waals surface area contributed by atoms with Crippen LogP contribution < -0.4 is 5.73 Å². The number of aryl methyl sites for hydroxylation is 2. The molecule has 3 rings (SSSR count). The molecule has 0 unspecified atom stereocenters. The quantitative estimate of drug-likeness (QED) is 0.588. The van der Waals surface area contributed by atoms with Crippen molar-refractivity contribution in [1.29, 1.82) is 0 Å². The van der Waals surface area contributed by atoms with Gasteiger partial charge in [0, 0.05) is 12.1 Å². The predicted octanol–water partition coefficient (Wildman–Crippen LogP) is 4.14. The molecule has 0 bridgehead atoms. The van der Waals surface area contributed by atoms with E-state index in [4.69, 9.17) is 10.5 Å². The Morgan fingerprint density at radius 2 is 1.86 bits per heavy atom. The smallest absolute Gasteiger partial charge is 0.268 e. The summed E-state index contributed by atoms with van der Waals surface area (Å²) in [6.45, 7) is 4.71. The molecule has 0 aliphatic carbocycles. The third-order valence-corrected chi connectivity index (χ3v) is 5.11. The number of rotatable bonds is 9. The molecule has 0 saturated heterocycles. The molecule has 0 aliphatic heterocycles. The molecule has 28 heavy (non-hydrogen) atoms. The first-order valence-corrected chi connectivity index (χ1v) is 9.59. The van der Waals surface area contributed by atoms with Crippen LogP contribution in [0.4, 0.5) is 0 Å². The van der Waals surface area contributed by atoms with Crippen molar-refractivity contribution in [1.82, 2.24) is 9.97 Å². The van der Waals surface area contributed by atoms with Crippen molar-refractivity contribution in [2.24, 2.45) is 5.73 Å². The molecule has 1 amide bonds. The molecule has 5 heteroatoms. The molecule has 1 aromatic heterocycles. The first-order valence-electron chi connectivity index (χ1n) is 9.59. The fraction of sp³-hybridized carbons (Fsp3) is 0.304. The number of carbonyl (C=O) groups excluding carboxylic acids is 1. The summed E-state index contributed by atoms with van der Waals surface area (Å²) in [6, 6.07) is 18.5. The highest BCUT2D eigenvalue weighted by Crippen LogP contribution is 2.27. The Morgan fingerprint density at radius 1 is 1.14 bits per heavy atom. The van der Waals surface area contributed by atoms with Gasteiger partial charge in [-0.1, -0.05) is 54.6 Å². The minimum atomic E-state index is -0.530. The second kappa shape index (κ2) is 9.33. The number of carbonyl (C=O) groups is 1. The fourth-order valence-electron chi connectivity index (χ4n) is 3.37. The lowest BCUT2D eigenvalue weighted by Crippen LogP contribution is -2.21. The van der Waals surface area contributed by atoms with E-state index in [2.05, 4.69) is 42.0 Å². The van der Waals surface area contributed by atoms with Crippen molar-refractivity contribution in [3.05, 3.63) is 89.0 Å². The predicted molar refractivity (Wildman–Crippen MR) is 110 cm³/mol. The van der Waals surface area contributed by atoms with Crippen molar-refractivity contribution >= 4 is 5.91 Å². The zero-order chi connectivity index (χ0) is 19.9. The maximum atomic E-state index is 11.4. The fourth-order valence-corrected chi connectivity index (χ4v) is 3.37. The number of nitrogens with two attached hydrogens (primary N) is 1. The van der Waals surface area contributed by atoms with Gasteiger partial charge in [0.2, 0.25) is 0 Å². The number of aromatic amines is 1. The average molecular weight is 377 g/mol. The number of primary amides is 1. The van der Waals surface area contributed by atoms with E-state index in [0.29, 0.717) is 6.61 Å². The maximum Gasteiger partial charge on any atom is 0.268 e. The van der Waals surface area contributed by atoms with Crippen LogP contribution in [0.3, 0.4) is 0 Å². The Bertz CT molecular complexity index is 905. The highest BCUT2D eigenvalue weighted by atomic mass is 16.5. The van der Waals surface area contributed by atoms with Crippen molar-refractivity contribution in [2.45, 2.75) is 45.3 Å². The minimum absolute atomic E-state index is 0.0245. The Morgan fingerprint density at radius 3 is 2.54 bits per heavy atom. The van der Waals surface area contributed by atoms with Crippen LogP contribution in [-0.4, -0.2) is 22.0 Å². The van der Waals surface area contributed by atoms with Gasteiger partial charge in [-0.25, -0.2) is 4.98 Å². The van der Waals surface area contributed by atoms with Gasteiger partial charge >= 0.3 is 0 Å². The van der Waals surface area contributed by atoms with Gasteiger partial charge in [-0.3, -0.25) is 4.79 Å². The summed E-state index contributed by atoms with van der Waals surface area (Å²) in [5.41, 5.74) is 9.34. The topological polar surface area (TPSA) is 81.0 Å². The highest BCUT2D eigenvalue weighted by molar-refractivity contribution is 5.90. The van der Waals surface area contributed by atoms with Gasteiger partial charge in [0.25, 0.3) is 5.91 Å². The second-order valence-electron chi connectivity index (χ2n) is 7.11. The Labute approximate surface area is 166 Å². The van der Waals surface area contributed by atoms with Gasteiger partial charge in [0.05, 0.1) is 12.7 Å². The zero-order valence-corrected chi connectivity index (χ0v) is 16.4. The van der Waals surface area contributed by atoms with Crippen LogP contribution in [0.15, 0.2) is 60.8 Å². The summed E-state index contributed by atoms with van der Waals surface area (Å²) < 4.78 is 6.16. The monoisotopic (exact) mass is 377 g/mol. The number of aromatic nitrogens is 2. The molecule has 1 heterocycles. The Balaban J connectivity index is 1.74. The van der Waals surface area contributed by atoms with E-state index in [-0.39, 0.29) is 17.7 Å². The van der Waals surface area contributed by atoms with E-state index in [9.17, 15) is 4.79 Å². The summed E-state index contributed by atoms with van der Waals surface area (Å²) >= 11 is 0. The third kappa shape index (κ3) is 5.08. The van der Waals surface area contributed by atoms with Crippen LogP contribution >= 0.6 is 0 Å². The normalized spacial score (nSPS) is 13.2. The average Bonchev–Trinajstić information content (AvgIpc) is 3.19. The number of H-pyrrole nitrogens is 1. The van der Waals surface area contributed by atoms with Gasteiger partial charge in [0.1, 0.15) is 11.5 Å². The lowest BCUT2D eigenvalue weighted by atomic mass is 9.92. The summed E-state index contributed by atoms with van der Waals surface area (Å²) in [5, 5.41) is 0. The summed E-state index contributed by atoms with van der Waals surface area (Å²) in [5.74, 6) is 0.234. The second-order valence-corrected chi connectivity index (χ2v) is 7.11. The van der Waals surface area contributed by atoms with Crippen molar-refractivity contribution in [3.8, 4) is 0 Å². The molecule has 0 saturated carbocycles. The van der Waals surface area contributed by atoms with E-state index in [1.807, 2.05) is 36.4 Å². The van der Waals surface area contributed by atoms with Crippen molar-refractivity contribution < 1.29 is 9.53 Å². The van der Waals surface area contributed by atoms with E-state index in [0.717, 1.165) is 24.2 Å². The minimum Gasteiger partial charge on any atom is -0.373 e.